The Morgan fingerprint density at radius 2 is 2.04 bits per heavy atom. The van der Waals surface area contributed by atoms with Crippen LogP contribution >= 0.6 is 0 Å². The fourth-order valence-corrected chi connectivity index (χ4v) is 3.18. The van der Waals surface area contributed by atoms with Crippen molar-refractivity contribution >= 4 is 11.5 Å². The number of hydrogen-bond donors (Lipinski definition) is 1. The highest BCUT2D eigenvalue weighted by molar-refractivity contribution is 5.93. The SMILES string of the molecule is C/C=C1/CCCc2c(CN(N)C(=O)c3ccncc3)cccc21. The van der Waals surface area contributed by atoms with E-state index in [0.717, 1.165) is 24.8 Å². The van der Waals surface area contributed by atoms with Gasteiger partial charge in [-0.1, -0.05) is 24.3 Å². The number of carbonyl (C=O) groups is 1. The molecule has 0 bridgehead atoms. The van der Waals surface area contributed by atoms with Gasteiger partial charge in [-0.05, 0) is 60.6 Å². The molecule has 4 nitrogen and oxygen atoms in total. The zero-order valence-corrected chi connectivity index (χ0v) is 13.3. The Hall–Kier alpha value is -2.46. The summed E-state index contributed by atoms with van der Waals surface area (Å²) in [4.78, 5) is 16.3. The zero-order chi connectivity index (χ0) is 16.2. The number of nitrogens with zero attached hydrogens (tertiary/aromatic N) is 2. The second-order valence-corrected chi connectivity index (χ2v) is 5.78. The average Bonchev–Trinajstić information content (AvgIpc) is 2.61. The molecule has 1 amide bonds. The van der Waals surface area contributed by atoms with Gasteiger partial charge in [0.05, 0.1) is 6.54 Å². The largest absolute Gasteiger partial charge is 0.272 e. The number of aromatic nitrogens is 1. The Bertz CT molecular complexity index is 738. The number of carbonyl (C=O) groups excluding carboxylic acids is 1. The van der Waals surface area contributed by atoms with Crippen molar-refractivity contribution in [2.75, 3.05) is 0 Å². The number of benzene rings is 1. The van der Waals surface area contributed by atoms with E-state index in [4.69, 9.17) is 5.84 Å². The second-order valence-electron chi connectivity index (χ2n) is 5.78. The summed E-state index contributed by atoms with van der Waals surface area (Å²) in [5, 5.41) is 1.29. The molecule has 3 rings (SSSR count). The molecule has 0 spiro atoms. The van der Waals surface area contributed by atoms with E-state index in [2.05, 4.69) is 30.1 Å². The van der Waals surface area contributed by atoms with Crippen LogP contribution in [0, 0.1) is 0 Å². The first-order valence-electron chi connectivity index (χ1n) is 7.93. The zero-order valence-electron chi connectivity index (χ0n) is 13.3. The Labute approximate surface area is 136 Å². The number of hydrogen-bond acceptors (Lipinski definition) is 3. The summed E-state index contributed by atoms with van der Waals surface area (Å²) in [7, 11) is 0. The van der Waals surface area contributed by atoms with Crippen LogP contribution in [-0.2, 0) is 13.0 Å². The average molecular weight is 307 g/mol. The lowest BCUT2D eigenvalue weighted by Crippen LogP contribution is -2.37. The van der Waals surface area contributed by atoms with Gasteiger partial charge >= 0.3 is 0 Å². The lowest BCUT2D eigenvalue weighted by atomic mass is 9.84. The molecule has 0 fully saturated rings. The topological polar surface area (TPSA) is 59.2 Å². The molecule has 1 aromatic heterocycles. The summed E-state index contributed by atoms with van der Waals surface area (Å²) in [5.74, 6) is 5.84. The predicted octanol–water partition coefficient (Wildman–Crippen LogP) is 3.34. The van der Waals surface area contributed by atoms with E-state index >= 15 is 0 Å². The summed E-state index contributed by atoms with van der Waals surface area (Å²) in [5.41, 5.74) is 5.70. The third-order valence-electron chi connectivity index (χ3n) is 4.37. The first-order chi connectivity index (χ1) is 11.2. The minimum atomic E-state index is -0.188. The standard InChI is InChI=1S/C19H21N3O/c1-2-14-5-3-8-18-16(6-4-7-17(14)18)13-22(20)19(23)15-9-11-21-12-10-15/h2,4,6-7,9-12H,3,5,8,13,20H2,1H3/b14-2-. The number of pyridine rings is 1. The third kappa shape index (κ3) is 3.17. The lowest BCUT2D eigenvalue weighted by molar-refractivity contribution is 0.0742. The van der Waals surface area contributed by atoms with Gasteiger partial charge in [-0.3, -0.25) is 14.8 Å². The normalized spacial score (nSPS) is 15.3. The van der Waals surface area contributed by atoms with E-state index in [1.807, 2.05) is 6.07 Å². The molecule has 0 unspecified atom stereocenters. The first-order valence-corrected chi connectivity index (χ1v) is 7.93. The van der Waals surface area contributed by atoms with Crippen molar-refractivity contribution in [3.05, 3.63) is 71.1 Å². The molecule has 1 aliphatic carbocycles. The summed E-state index contributed by atoms with van der Waals surface area (Å²) in [6.45, 7) is 2.50. The molecule has 0 saturated heterocycles. The number of allylic oxidation sites excluding steroid dienone is 2. The minimum Gasteiger partial charge on any atom is -0.272 e. The van der Waals surface area contributed by atoms with Crippen molar-refractivity contribution < 1.29 is 4.79 Å². The highest BCUT2D eigenvalue weighted by atomic mass is 16.2. The molecule has 23 heavy (non-hydrogen) atoms. The first kappa shape index (κ1) is 15.4. The van der Waals surface area contributed by atoms with Crippen LogP contribution < -0.4 is 5.84 Å². The molecule has 0 saturated carbocycles. The second kappa shape index (κ2) is 6.75. The van der Waals surface area contributed by atoms with Crippen LogP contribution in [0.2, 0.25) is 0 Å². The Balaban J connectivity index is 1.85. The van der Waals surface area contributed by atoms with E-state index in [0.29, 0.717) is 12.1 Å². The number of hydrazine groups is 1. The van der Waals surface area contributed by atoms with Crippen molar-refractivity contribution in [3.8, 4) is 0 Å². The Morgan fingerprint density at radius 1 is 1.26 bits per heavy atom. The highest BCUT2D eigenvalue weighted by Crippen LogP contribution is 2.33. The molecule has 2 N–H and O–H groups in total. The summed E-state index contributed by atoms with van der Waals surface area (Å²) in [6.07, 6.45) is 8.69. The van der Waals surface area contributed by atoms with Crippen LogP contribution in [0.3, 0.4) is 0 Å². The number of nitrogens with two attached hydrogens (primary N) is 1. The van der Waals surface area contributed by atoms with Crippen LogP contribution in [0.4, 0.5) is 0 Å². The van der Waals surface area contributed by atoms with Crippen LogP contribution in [0.1, 0.15) is 46.8 Å². The van der Waals surface area contributed by atoms with Gasteiger partial charge in [-0.25, -0.2) is 5.84 Å². The molecular weight excluding hydrogens is 286 g/mol. The van der Waals surface area contributed by atoms with E-state index in [-0.39, 0.29) is 5.91 Å². The maximum Gasteiger partial charge on any atom is 0.268 e. The quantitative estimate of drug-likeness (QED) is 0.537. The van der Waals surface area contributed by atoms with Gasteiger partial charge in [0.1, 0.15) is 0 Å². The van der Waals surface area contributed by atoms with E-state index in [1.165, 1.54) is 21.7 Å². The Morgan fingerprint density at radius 3 is 2.78 bits per heavy atom. The van der Waals surface area contributed by atoms with E-state index in [9.17, 15) is 4.79 Å². The molecule has 118 valence electrons. The molecule has 0 atom stereocenters. The van der Waals surface area contributed by atoms with Gasteiger partial charge in [-0.2, -0.15) is 0 Å². The van der Waals surface area contributed by atoms with Gasteiger partial charge in [0.2, 0.25) is 0 Å². The maximum absolute atomic E-state index is 12.4. The van der Waals surface area contributed by atoms with Gasteiger partial charge < -0.3 is 0 Å². The minimum absolute atomic E-state index is 0.188. The Kier molecular flexibility index (Phi) is 4.53. The smallest absolute Gasteiger partial charge is 0.268 e. The molecule has 4 heteroatoms. The highest BCUT2D eigenvalue weighted by Gasteiger charge is 2.19. The summed E-state index contributed by atoms with van der Waals surface area (Å²) < 4.78 is 0. The van der Waals surface area contributed by atoms with Gasteiger partial charge in [0, 0.05) is 18.0 Å². The van der Waals surface area contributed by atoms with E-state index < -0.39 is 0 Å². The summed E-state index contributed by atoms with van der Waals surface area (Å²) >= 11 is 0. The van der Waals surface area contributed by atoms with Gasteiger partial charge in [0.25, 0.3) is 5.91 Å². The fraction of sp³-hybridized carbons (Fsp3) is 0.263. The molecule has 1 aliphatic rings. The van der Waals surface area contributed by atoms with Crippen LogP contribution in [-0.4, -0.2) is 15.9 Å². The molecule has 1 heterocycles. The van der Waals surface area contributed by atoms with E-state index in [1.54, 1.807) is 24.5 Å². The van der Waals surface area contributed by atoms with Crippen molar-refractivity contribution in [1.82, 2.24) is 9.99 Å². The van der Waals surface area contributed by atoms with Crippen molar-refractivity contribution in [2.24, 2.45) is 5.84 Å². The number of fused-ring (bicyclic) bond motifs is 1. The predicted molar refractivity (Wildman–Crippen MR) is 91.3 cm³/mol. The van der Waals surface area contributed by atoms with Crippen molar-refractivity contribution in [2.45, 2.75) is 32.7 Å². The van der Waals surface area contributed by atoms with Gasteiger partial charge in [0.15, 0.2) is 0 Å². The third-order valence-corrected chi connectivity index (χ3v) is 4.37. The lowest BCUT2D eigenvalue weighted by Gasteiger charge is -2.24. The maximum atomic E-state index is 12.4. The number of amides is 1. The van der Waals surface area contributed by atoms with Crippen molar-refractivity contribution in [1.29, 1.82) is 0 Å². The van der Waals surface area contributed by atoms with Crippen LogP contribution in [0.15, 0.2) is 48.8 Å². The van der Waals surface area contributed by atoms with Crippen LogP contribution in [0.25, 0.3) is 5.57 Å². The molecule has 0 aliphatic heterocycles. The molecule has 1 aromatic carbocycles. The van der Waals surface area contributed by atoms with Crippen molar-refractivity contribution in [3.63, 3.8) is 0 Å². The molecule has 0 radical (unpaired) electrons. The fourth-order valence-electron chi connectivity index (χ4n) is 3.18. The number of rotatable bonds is 3. The van der Waals surface area contributed by atoms with Gasteiger partial charge in [-0.15, -0.1) is 0 Å². The summed E-state index contributed by atoms with van der Waals surface area (Å²) in [6, 6.07) is 9.64. The molecular formula is C19H21N3O. The molecule has 2 aromatic rings. The monoisotopic (exact) mass is 307 g/mol. The van der Waals surface area contributed by atoms with Crippen LogP contribution in [0.5, 0.6) is 0 Å².